The molecule has 2 aromatic rings. The molecule has 4 nitrogen and oxygen atoms in total. The monoisotopic (exact) mass is 330 g/mol. The molecule has 1 aliphatic rings. The third kappa shape index (κ3) is 4.56. The van der Waals surface area contributed by atoms with Crippen molar-refractivity contribution in [2.24, 2.45) is 0 Å². The SMILES string of the molecule is CC1CC(NC(=O)c2cccc(OCc3cccs3)c2)CCN1. The van der Waals surface area contributed by atoms with Crippen LogP contribution < -0.4 is 15.4 Å². The summed E-state index contributed by atoms with van der Waals surface area (Å²) in [5, 5.41) is 8.55. The smallest absolute Gasteiger partial charge is 0.251 e. The van der Waals surface area contributed by atoms with E-state index >= 15 is 0 Å². The molecule has 0 bridgehead atoms. The highest BCUT2D eigenvalue weighted by Gasteiger charge is 2.20. The van der Waals surface area contributed by atoms with Gasteiger partial charge in [0.15, 0.2) is 0 Å². The lowest BCUT2D eigenvalue weighted by molar-refractivity contribution is 0.0925. The van der Waals surface area contributed by atoms with Crippen LogP contribution in [0.4, 0.5) is 0 Å². The number of nitrogens with one attached hydrogen (secondary N) is 2. The zero-order valence-corrected chi connectivity index (χ0v) is 14.1. The van der Waals surface area contributed by atoms with Gasteiger partial charge in [-0.2, -0.15) is 0 Å². The summed E-state index contributed by atoms with van der Waals surface area (Å²) in [7, 11) is 0. The van der Waals surface area contributed by atoms with E-state index in [-0.39, 0.29) is 11.9 Å². The van der Waals surface area contributed by atoms with Crippen molar-refractivity contribution >= 4 is 17.2 Å². The first kappa shape index (κ1) is 16.0. The van der Waals surface area contributed by atoms with Gasteiger partial charge in [-0.05, 0) is 56.0 Å². The molecular formula is C18H22N2O2S. The van der Waals surface area contributed by atoms with E-state index in [1.807, 2.05) is 41.8 Å². The normalized spacial score (nSPS) is 20.9. The van der Waals surface area contributed by atoms with Crippen molar-refractivity contribution in [3.05, 3.63) is 52.2 Å². The predicted molar refractivity (Wildman–Crippen MR) is 93.0 cm³/mol. The van der Waals surface area contributed by atoms with Gasteiger partial charge >= 0.3 is 0 Å². The number of thiophene rings is 1. The minimum atomic E-state index is -0.0225. The van der Waals surface area contributed by atoms with E-state index in [1.165, 1.54) is 4.88 Å². The lowest BCUT2D eigenvalue weighted by Gasteiger charge is -2.28. The van der Waals surface area contributed by atoms with Crippen LogP contribution in [0.1, 0.15) is 35.0 Å². The highest BCUT2D eigenvalue weighted by molar-refractivity contribution is 7.09. The number of amides is 1. The molecule has 5 heteroatoms. The first-order valence-electron chi connectivity index (χ1n) is 8.00. The van der Waals surface area contributed by atoms with Crippen LogP contribution in [-0.4, -0.2) is 24.5 Å². The van der Waals surface area contributed by atoms with Gasteiger partial charge in [-0.3, -0.25) is 4.79 Å². The molecule has 2 atom stereocenters. The minimum Gasteiger partial charge on any atom is -0.488 e. The Bertz CT molecular complexity index is 642. The van der Waals surface area contributed by atoms with E-state index in [9.17, 15) is 4.79 Å². The lowest BCUT2D eigenvalue weighted by atomic mass is 10.0. The Kier molecular flexibility index (Phi) is 5.31. The second-order valence-corrected chi connectivity index (χ2v) is 6.98. The number of piperidine rings is 1. The summed E-state index contributed by atoms with van der Waals surface area (Å²) in [6, 6.07) is 12.1. The molecule has 2 N–H and O–H groups in total. The van der Waals surface area contributed by atoms with Crippen LogP contribution >= 0.6 is 11.3 Å². The Labute approximate surface area is 140 Å². The molecule has 0 radical (unpaired) electrons. The highest BCUT2D eigenvalue weighted by Crippen LogP contribution is 2.18. The maximum absolute atomic E-state index is 12.4. The average Bonchev–Trinajstić information content (AvgIpc) is 3.07. The number of benzene rings is 1. The van der Waals surface area contributed by atoms with Crippen LogP contribution in [0.3, 0.4) is 0 Å². The summed E-state index contributed by atoms with van der Waals surface area (Å²) in [5.41, 5.74) is 0.653. The molecule has 1 fully saturated rings. The molecule has 0 aliphatic carbocycles. The van der Waals surface area contributed by atoms with Crippen molar-refractivity contribution in [2.75, 3.05) is 6.54 Å². The second kappa shape index (κ2) is 7.62. The van der Waals surface area contributed by atoms with E-state index in [1.54, 1.807) is 11.3 Å². The van der Waals surface area contributed by atoms with Crippen molar-refractivity contribution < 1.29 is 9.53 Å². The molecule has 1 amide bonds. The van der Waals surface area contributed by atoms with Gasteiger partial charge in [0, 0.05) is 22.5 Å². The fourth-order valence-corrected chi connectivity index (χ4v) is 3.42. The number of ether oxygens (including phenoxy) is 1. The van der Waals surface area contributed by atoms with Gasteiger partial charge in [-0.1, -0.05) is 12.1 Å². The Morgan fingerprint density at radius 2 is 2.30 bits per heavy atom. The molecule has 0 spiro atoms. The molecule has 0 saturated carbocycles. The van der Waals surface area contributed by atoms with Crippen molar-refractivity contribution in [3.63, 3.8) is 0 Å². The molecule has 1 aromatic heterocycles. The summed E-state index contributed by atoms with van der Waals surface area (Å²) in [6.45, 7) is 3.64. The van der Waals surface area contributed by atoms with Crippen LogP contribution in [0.15, 0.2) is 41.8 Å². The largest absolute Gasteiger partial charge is 0.488 e. The number of rotatable bonds is 5. The van der Waals surface area contributed by atoms with E-state index < -0.39 is 0 Å². The molecule has 2 unspecified atom stereocenters. The maximum Gasteiger partial charge on any atom is 0.251 e. The Hall–Kier alpha value is -1.85. The molecule has 1 aliphatic heterocycles. The average molecular weight is 330 g/mol. The number of hydrogen-bond acceptors (Lipinski definition) is 4. The Morgan fingerprint density at radius 1 is 1.39 bits per heavy atom. The Morgan fingerprint density at radius 3 is 3.09 bits per heavy atom. The van der Waals surface area contributed by atoms with Gasteiger partial charge in [0.25, 0.3) is 5.91 Å². The first-order valence-corrected chi connectivity index (χ1v) is 8.88. The summed E-state index contributed by atoms with van der Waals surface area (Å²) in [6.07, 6.45) is 1.95. The van der Waals surface area contributed by atoms with E-state index in [0.717, 1.165) is 25.1 Å². The third-order valence-electron chi connectivity index (χ3n) is 4.02. The van der Waals surface area contributed by atoms with Crippen LogP contribution in [0.25, 0.3) is 0 Å². The standard InChI is InChI=1S/C18H22N2O2S/c1-13-10-15(7-8-19-13)20-18(21)14-4-2-5-16(11-14)22-12-17-6-3-9-23-17/h2-6,9,11,13,15,19H,7-8,10,12H2,1H3,(H,20,21). The van der Waals surface area contributed by atoms with Gasteiger partial charge in [0.05, 0.1) is 0 Å². The summed E-state index contributed by atoms with van der Waals surface area (Å²) >= 11 is 1.67. The van der Waals surface area contributed by atoms with Crippen molar-refractivity contribution in [1.82, 2.24) is 10.6 Å². The van der Waals surface area contributed by atoms with Gasteiger partial charge in [-0.25, -0.2) is 0 Å². The van der Waals surface area contributed by atoms with Gasteiger partial charge in [0.1, 0.15) is 12.4 Å². The summed E-state index contributed by atoms with van der Waals surface area (Å²) in [4.78, 5) is 13.6. The zero-order chi connectivity index (χ0) is 16.1. The second-order valence-electron chi connectivity index (χ2n) is 5.95. The Balaban J connectivity index is 1.58. The fourth-order valence-electron chi connectivity index (χ4n) is 2.81. The van der Waals surface area contributed by atoms with Crippen LogP contribution in [0.2, 0.25) is 0 Å². The number of hydrogen-bond donors (Lipinski definition) is 2. The molecule has 2 heterocycles. The first-order chi connectivity index (χ1) is 11.2. The van der Waals surface area contributed by atoms with Crippen molar-refractivity contribution in [3.8, 4) is 5.75 Å². The number of carbonyl (C=O) groups excluding carboxylic acids is 1. The van der Waals surface area contributed by atoms with Gasteiger partial charge in [0.2, 0.25) is 0 Å². The molecule has 23 heavy (non-hydrogen) atoms. The van der Waals surface area contributed by atoms with E-state index in [0.29, 0.717) is 18.2 Å². The maximum atomic E-state index is 12.4. The lowest BCUT2D eigenvalue weighted by Crippen LogP contribution is -2.46. The van der Waals surface area contributed by atoms with Gasteiger partial charge in [-0.15, -0.1) is 11.3 Å². The fraction of sp³-hybridized carbons (Fsp3) is 0.389. The van der Waals surface area contributed by atoms with Crippen LogP contribution in [0.5, 0.6) is 5.75 Å². The molecule has 1 aromatic carbocycles. The van der Waals surface area contributed by atoms with Gasteiger partial charge < -0.3 is 15.4 Å². The van der Waals surface area contributed by atoms with E-state index in [4.69, 9.17) is 4.74 Å². The third-order valence-corrected chi connectivity index (χ3v) is 4.87. The van der Waals surface area contributed by atoms with Crippen LogP contribution in [0, 0.1) is 0 Å². The molecule has 3 rings (SSSR count). The summed E-state index contributed by atoms with van der Waals surface area (Å²) in [5.74, 6) is 0.704. The highest BCUT2D eigenvalue weighted by atomic mass is 32.1. The topological polar surface area (TPSA) is 50.4 Å². The molecule has 122 valence electrons. The number of carbonyl (C=O) groups is 1. The molecular weight excluding hydrogens is 308 g/mol. The molecule has 1 saturated heterocycles. The van der Waals surface area contributed by atoms with Crippen LogP contribution in [-0.2, 0) is 6.61 Å². The quantitative estimate of drug-likeness (QED) is 0.885. The van der Waals surface area contributed by atoms with Crippen molar-refractivity contribution in [1.29, 1.82) is 0 Å². The van der Waals surface area contributed by atoms with E-state index in [2.05, 4.69) is 17.6 Å². The summed E-state index contributed by atoms with van der Waals surface area (Å²) < 4.78 is 5.77. The zero-order valence-electron chi connectivity index (χ0n) is 13.2. The predicted octanol–water partition coefficient (Wildman–Crippen LogP) is 3.20. The van der Waals surface area contributed by atoms with Crippen molar-refractivity contribution in [2.45, 2.75) is 38.5 Å². The minimum absolute atomic E-state index is 0.0225.